The minimum atomic E-state index is -0.470. The fourth-order valence-corrected chi connectivity index (χ4v) is 1.84. The van der Waals surface area contributed by atoms with Crippen molar-refractivity contribution in [3.63, 3.8) is 0 Å². The Morgan fingerprint density at radius 3 is 2.83 bits per heavy atom. The lowest BCUT2D eigenvalue weighted by molar-refractivity contribution is -0.132. The fraction of sp³-hybridized carbons (Fsp3) is 0.714. The van der Waals surface area contributed by atoms with Crippen LogP contribution in [0.4, 0.5) is 0 Å². The molecule has 1 atom stereocenters. The molecule has 1 heterocycles. The zero-order valence-corrected chi connectivity index (χ0v) is 7.65. The Hall–Kier alpha value is -0.550. The average molecular weight is 189 g/mol. The Kier molecular flexibility index (Phi) is 3.55. The summed E-state index contributed by atoms with van der Waals surface area (Å²) < 4.78 is 4.85. The summed E-state index contributed by atoms with van der Waals surface area (Å²) in [4.78, 5) is 21.4. The molecular formula is C7H11NO3S. The molecule has 0 saturated carbocycles. The number of amides is 1. The lowest BCUT2D eigenvalue weighted by atomic mass is 10.3. The topological polar surface area (TPSA) is 55.4 Å². The Balaban J connectivity index is 2.19. The zero-order valence-electron chi connectivity index (χ0n) is 6.83. The quantitative estimate of drug-likeness (QED) is 0.504. The van der Waals surface area contributed by atoms with Gasteiger partial charge in [0.2, 0.25) is 0 Å². The van der Waals surface area contributed by atoms with Crippen LogP contribution in [0.15, 0.2) is 0 Å². The molecule has 1 N–H and O–H groups in total. The van der Waals surface area contributed by atoms with Crippen molar-refractivity contribution in [1.82, 2.24) is 5.32 Å². The third-order valence-electron chi connectivity index (χ3n) is 1.54. The molecule has 1 unspecified atom stereocenters. The molecule has 0 aliphatic carbocycles. The minimum absolute atomic E-state index is 0.0415. The first-order valence-corrected chi connectivity index (χ1v) is 4.62. The average Bonchev–Trinajstić information content (AvgIpc) is 2.32. The van der Waals surface area contributed by atoms with Gasteiger partial charge in [-0.1, -0.05) is 11.8 Å². The maximum atomic E-state index is 10.7. The maximum absolute atomic E-state index is 10.7. The van der Waals surface area contributed by atoms with E-state index < -0.39 is 5.91 Å². The van der Waals surface area contributed by atoms with Crippen molar-refractivity contribution in [2.75, 3.05) is 13.7 Å². The highest BCUT2D eigenvalue weighted by molar-refractivity contribution is 8.16. The number of thioether (sulfide) groups is 1. The first-order valence-electron chi connectivity index (χ1n) is 3.74. The van der Waals surface area contributed by atoms with Crippen molar-refractivity contribution < 1.29 is 14.3 Å². The molecule has 1 aliphatic heterocycles. The third kappa shape index (κ3) is 2.49. The van der Waals surface area contributed by atoms with Crippen molar-refractivity contribution in [3.8, 4) is 0 Å². The standard InChI is InChI=1S/C7H11NO3S/c1-11-4-2-3-5-8-6(9)7(10)12-5/h5H,2-4H2,1H3,(H,8,9). The summed E-state index contributed by atoms with van der Waals surface area (Å²) in [6, 6.07) is 0. The van der Waals surface area contributed by atoms with E-state index in [1.54, 1.807) is 7.11 Å². The minimum Gasteiger partial charge on any atom is -0.385 e. The van der Waals surface area contributed by atoms with Crippen molar-refractivity contribution in [2.45, 2.75) is 18.2 Å². The molecule has 5 heteroatoms. The van der Waals surface area contributed by atoms with E-state index in [-0.39, 0.29) is 10.5 Å². The molecular weight excluding hydrogens is 178 g/mol. The highest BCUT2D eigenvalue weighted by Crippen LogP contribution is 2.20. The van der Waals surface area contributed by atoms with Crippen LogP contribution in [-0.2, 0) is 14.3 Å². The lowest BCUT2D eigenvalue weighted by Gasteiger charge is -2.05. The number of rotatable bonds is 4. The van der Waals surface area contributed by atoms with Crippen molar-refractivity contribution in [3.05, 3.63) is 0 Å². The van der Waals surface area contributed by atoms with Crippen LogP contribution >= 0.6 is 11.8 Å². The van der Waals surface area contributed by atoms with Gasteiger partial charge < -0.3 is 10.1 Å². The van der Waals surface area contributed by atoms with Crippen LogP contribution in [0.1, 0.15) is 12.8 Å². The molecule has 0 aromatic carbocycles. The molecule has 0 spiro atoms. The molecule has 1 rings (SSSR count). The van der Waals surface area contributed by atoms with Crippen LogP contribution in [0.3, 0.4) is 0 Å². The van der Waals surface area contributed by atoms with Crippen LogP contribution in [0.5, 0.6) is 0 Å². The fourth-order valence-electron chi connectivity index (χ4n) is 0.961. The second kappa shape index (κ2) is 4.47. The van der Waals surface area contributed by atoms with Gasteiger partial charge >= 0.3 is 0 Å². The Labute approximate surface area is 75.0 Å². The highest BCUT2D eigenvalue weighted by Gasteiger charge is 2.29. The van der Waals surface area contributed by atoms with Gasteiger partial charge in [0, 0.05) is 13.7 Å². The van der Waals surface area contributed by atoms with E-state index in [4.69, 9.17) is 4.74 Å². The molecule has 1 aliphatic rings. The van der Waals surface area contributed by atoms with Gasteiger partial charge in [0.1, 0.15) is 0 Å². The van der Waals surface area contributed by atoms with Crippen LogP contribution in [0.25, 0.3) is 0 Å². The second-order valence-corrected chi connectivity index (χ2v) is 3.68. The normalized spacial score (nSPS) is 22.9. The number of hydrogen-bond acceptors (Lipinski definition) is 4. The van der Waals surface area contributed by atoms with Gasteiger partial charge in [-0.3, -0.25) is 9.59 Å². The molecule has 0 bridgehead atoms. The molecule has 0 aromatic rings. The molecule has 1 amide bonds. The Morgan fingerprint density at radius 2 is 2.33 bits per heavy atom. The van der Waals surface area contributed by atoms with Crippen molar-refractivity contribution >= 4 is 22.8 Å². The van der Waals surface area contributed by atoms with E-state index in [9.17, 15) is 9.59 Å². The van der Waals surface area contributed by atoms with Crippen LogP contribution in [0, 0.1) is 0 Å². The Bertz CT molecular complexity index is 179. The number of carbonyl (C=O) groups excluding carboxylic acids is 2. The molecule has 68 valence electrons. The molecule has 4 nitrogen and oxygen atoms in total. The molecule has 1 fully saturated rings. The smallest absolute Gasteiger partial charge is 0.299 e. The molecule has 1 saturated heterocycles. The number of hydrogen-bond donors (Lipinski definition) is 1. The highest BCUT2D eigenvalue weighted by atomic mass is 32.2. The molecule has 0 radical (unpaired) electrons. The van der Waals surface area contributed by atoms with Gasteiger partial charge in [0.15, 0.2) is 0 Å². The van der Waals surface area contributed by atoms with E-state index in [1.807, 2.05) is 0 Å². The number of methoxy groups -OCH3 is 1. The summed E-state index contributed by atoms with van der Waals surface area (Å²) in [5, 5.41) is 2.16. The predicted octanol–water partition coefficient (Wildman–Crippen LogP) is 0.129. The van der Waals surface area contributed by atoms with Crippen molar-refractivity contribution in [2.24, 2.45) is 0 Å². The van der Waals surface area contributed by atoms with E-state index >= 15 is 0 Å². The summed E-state index contributed by atoms with van der Waals surface area (Å²) >= 11 is 1.07. The number of ether oxygens (including phenoxy) is 1. The second-order valence-electron chi connectivity index (χ2n) is 2.50. The summed E-state index contributed by atoms with van der Waals surface area (Å²) in [7, 11) is 1.63. The first-order chi connectivity index (χ1) is 5.74. The van der Waals surface area contributed by atoms with Crippen LogP contribution in [0.2, 0.25) is 0 Å². The molecule has 0 aromatic heterocycles. The maximum Gasteiger partial charge on any atom is 0.299 e. The van der Waals surface area contributed by atoms with Crippen molar-refractivity contribution in [1.29, 1.82) is 0 Å². The predicted molar refractivity (Wildman–Crippen MR) is 45.6 cm³/mol. The number of carbonyl (C=O) groups is 2. The van der Waals surface area contributed by atoms with Crippen LogP contribution in [-0.4, -0.2) is 30.1 Å². The summed E-state index contributed by atoms with van der Waals surface area (Å²) in [5.41, 5.74) is 0. The lowest BCUT2D eigenvalue weighted by Crippen LogP contribution is -2.25. The summed E-state index contributed by atoms with van der Waals surface area (Å²) in [6.07, 6.45) is 1.65. The molecule has 12 heavy (non-hydrogen) atoms. The third-order valence-corrected chi connectivity index (χ3v) is 2.58. The summed E-state index contributed by atoms with van der Waals surface area (Å²) in [5.74, 6) is -0.470. The van der Waals surface area contributed by atoms with Gasteiger partial charge in [0.05, 0.1) is 5.37 Å². The van der Waals surface area contributed by atoms with Gasteiger partial charge in [-0.2, -0.15) is 0 Å². The largest absolute Gasteiger partial charge is 0.385 e. The monoisotopic (exact) mass is 189 g/mol. The van der Waals surface area contributed by atoms with E-state index in [1.165, 1.54) is 0 Å². The van der Waals surface area contributed by atoms with Gasteiger partial charge in [-0.15, -0.1) is 0 Å². The van der Waals surface area contributed by atoms with Gasteiger partial charge in [-0.25, -0.2) is 0 Å². The van der Waals surface area contributed by atoms with E-state index in [0.29, 0.717) is 6.61 Å². The number of nitrogens with one attached hydrogen (secondary N) is 1. The van der Waals surface area contributed by atoms with E-state index in [0.717, 1.165) is 24.6 Å². The first kappa shape index (κ1) is 9.54. The SMILES string of the molecule is COCCCC1NC(=O)C(=O)S1. The summed E-state index contributed by atoms with van der Waals surface area (Å²) in [6.45, 7) is 0.668. The van der Waals surface area contributed by atoms with E-state index in [2.05, 4.69) is 5.32 Å². The zero-order chi connectivity index (χ0) is 8.97. The van der Waals surface area contributed by atoms with Gasteiger partial charge in [-0.05, 0) is 12.8 Å². The van der Waals surface area contributed by atoms with Crippen LogP contribution < -0.4 is 5.32 Å². The Morgan fingerprint density at radius 1 is 1.58 bits per heavy atom. The van der Waals surface area contributed by atoms with Gasteiger partial charge in [0.25, 0.3) is 11.0 Å².